The van der Waals surface area contributed by atoms with Gasteiger partial charge in [0.05, 0.1) is 5.51 Å². The SMILES string of the molecule is NC(=S)c1ccc(NC(=O)c2cscn2)cc1. The number of thiocarbonyl (C=S) groups is 1. The summed E-state index contributed by atoms with van der Waals surface area (Å²) in [6.45, 7) is 0. The van der Waals surface area contributed by atoms with Crippen molar-refractivity contribution in [3.05, 3.63) is 46.4 Å². The van der Waals surface area contributed by atoms with E-state index in [1.54, 1.807) is 35.2 Å². The van der Waals surface area contributed by atoms with E-state index in [2.05, 4.69) is 10.3 Å². The molecule has 6 heteroatoms. The normalized spacial score (nSPS) is 9.88. The summed E-state index contributed by atoms with van der Waals surface area (Å²) in [6, 6.07) is 7.02. The fourth-order valence-corrected chi connectivity index (χ4v) is 1.91. The Morgan fingerprint density at radius 2 is 2.06 bits per heavy atom. The first-order chi connectivity index (χ1) is 8.16. The number of carbonyl (C=O) groups excluding carboxylic acids is 1. The first kappa shape index (κ1) is 11.7. The summed E-state index contributed by atoms with van der Waals surface area (Å²) in [5.74, 6) is -0.227. The van der Waals surface area contributed by atoms with Crippen LogP contribution >= 0.6 is 23.6 Å². The van der Waals surface area contributed by atoms with Crippen molar-refractivity contribution in [3.63, 3.8) is 0 Å². The number of nitrogens with one attached hydrogen (secondary N) is 1. The Morgan fingerprint density at radius 3 is 2.59 bits per heavy atom. The van der Waals surface area contributed by atoms with E-state index in [1.165, 1.54) is 11.3 Å². The third-order valence-electron chi connectivity index (χ3n) is 2.09. The van der Waals surface area contributed by atoms with E-state index in [9.17, 15) is 4.79 Å². The van der Waals surface area contributed by atoms with E-state index in [4.69, 9.17) is 18.0 Å². The monoisotopic (exact) mass is 263 g/mol. The molecule has 0 aliphatic rings. The van der Waals surface area contributed by atoms with Crippen molar-refractivity contribution in [1.82, 2.24) is 4.98 Å². The van der Waals surface area contributed by atoms with Crippen LogP contribution in [0.1, 0.15) is 16.1 Å². The molecule has 0 aliphatic carbocycles. The molecule has 0 saturated heterocycles. The zero-order valence-electron chi connectivity index (χ0n) is 8.71. The number of nitrogens with two attached hydrogens (primary N) is 1. The van der Waals surface area contributed by atoms with Gasteiger partial charge >= 0.3 is 0 Å². The maximum atomic E-state index is 11.7. The van der Waals surface area contributed by atoms with Crippen LogP contribution in [0.15, 0.2) is 35.2 Å². The van der Waals surface area contributed by atoms with Crippen molar-refractivity contribution < 1.29 is 4.79 Å². The van der Waals surface area contributed by atoms with Crippen LogP contribution < -0.4 is 11.1 Å². The van der Waals surface area contributed by atoms with Gasteiger partial charge in [-0.15, -0.1) is 11.3 Å². The van der Waals surface area contributed by atoms with E-state index in [0.29, 0.717) is 16.4 Å². The van der Waals surface area contributed by atoms with Crippen LogP contribution in [-0.2, 0) is 0 Å². The maximum absolute atomic E-state index is 11.7. The Hall–Kier alpha value is -1.79. The predicted molar refractivity (Wildman–Crippen MR) is 72.4 cm³/mol. The molecular formula is C11H9N3OS2. The molecule has 0 unspecified atom stereocenters. The van der Waals surface area contributed by atoms with Crippen molar-refractivity contribution in [3.8, 4) is 0 Å². The highest BCUT2D eigenvalue weighted by Gasteiger charge is 2.07. The van der Waals surface area contributed by atoms with Crippen LogP contribution in [-0.4, -0.2) is 15.9 Å². The summed E-state index contributed by atoms with van der Waals surface area (Å²) in [6.07, 6.45) is 0. The highest BCUT2D eigenvalue weighted by molar-refractivity contribution is 7.80. The molecular weight excluding hydrogens is 254 g/mol. The second-order valence-corrected chi connectivity index (χ2v) is 4.43. The van der Waals surface area contributed by atoms with Gasteiger partial charge in [-0.05, 0) is 24.3 Å². The summed E-state index contributed by atoms with van der Waals surface area (Å²) in [5, 5.41) is 4.42. The third kappa shape index (κ3) is 2.86. The average molecular weight is 263 g/mol. The van der Waals surface area contributed by atoms with Gasteiger partial charge in [0.1, 0.15) is 10.7 Å². The van der Waals surface area contributed by atoms with Crippen molar-refractivity contribution in [2.75, 3.05) is 5.32 Å². The molecule has 1 amide bonds. The fourth-order valence-electron chi connectivity index (χ4n) is 1.24. The van der Waals surface area contributed by atoms with E-state index < -0.39 is 0 Å². The average Bonchev–Trinajstić information content (AvgIpc) is 2.83. The summed E-state index contributed by atoms with van der Waals surface area (Å²) in [5.41, 5.74) is 8.96. The van der Waals surface area contributed by atoms with Crippen LogP contribution in [0.2, 0.25) is 0 Å². The van der Waals surface area contributed by atoms with Gasteiger partial charge in [0.15, 0.2) is 0 Å². The molecule has 0 fully saturated rings. The molecule has 1 heterocycles. The van der Waals surface area contributed by atoms with Gasteiger partial charge in [-0.25, -0.2) is 4.98 Å². The smallest absolute Gasteiger partial charge is 0.275 e. The van der Waals surface area contributed by atoms with Gasteiger partial charge in [0.2, 0.25) is 0 Å². The molecule has 0 spiro atoms. The minimum absolute atomic E-state index is 0.227. The Balaban J connectivity index is 2.09. The zero-order valence-corrected chi connectivity index (χ0v) is 10.3. The van der Waals surface area contributed by atoms with E-state index in [-0.39, 0.29) is 5.91 Å². The number of rotatable bonds is 3. The molecule has 2 rings (SSSR count). The number of nitrogens with zero attached hydrogens (tertiary/aromatic N) is 1. The van der Waals surface area contributed by atoms with Gasteiger partial charge in [-0.1, -0.05) is 12.2 Å². The van der Waals surface area contributed by atoms with Gasteiger partial charge in [-0.3, -0.25) is 4.79 Å². The molecule has 0 atom stereocenters. The fraction of sp³-hybridized carbons (Fsp3) is 0. The quantitative estimate of drug-likeness (QED) is 0.831. The Labute approximate surface area is 107 Å². The molecule has 0 saturated carbocycles. The molecule has 86 valence electrons. The molecule has 4 nitrogen and oxygen atoms in total. The van der Waals surface area contributed by atoms with E-state index in [0.717, 1.165) is 5.56 Å². The summed E-state index contributed by atoms with van der Waals surface area (Å²) < 4.78 is 0. The zero-order chi connectivity index (χ0) is 12.3. The molecule has 1 aromatic heterocycles. The summed E-state index contributed by atoms with van der Waals surface area (Å²) >= 11 is 6.22. The van der Waals surface area contributed by atoms with Crippen LogP contribution in [0.3, 0.4) is 0 Å². The predicted octanol–water partition coefficient (Wildman–Crippen LogP) is 2.03. The van der Waals surface area contributed by atoms with Crippen molar-refractivity contribution in [1.29, 1.82) is 0 Å². The summed E-state index contributed by atoms with van der Waals surface area (Å²) in [7, 11) is 0. The topological polar surface area (TPSA) is 68.0 Å². The van der Waals surface area contributed by atoms with Crippen LogP contribution in [0, 0.1) is 0 Å². The van der Waals surface area contributed by atoms with Crippen LogP contribution in [0.25, 0.3) is 0 Å². The van der Waals surface area contributed by atoms with Gasteiger partial charge < -0.3 is 11.1 Å². The maximum Gasteiger partial charge on any atom is 0.275 e. The third-order valence-corrected chi connectivity index (χ3v) is 2.91. The first-order valence-electron chi connectivity index (χ1n) is 4.76. The standard InChI is InChI=1S/C11H9N3OS2/c12-10(16)7-1-3-8(4-2-7)14-11(15)9-5-17-6-13-9/h1-6H,(H2,12,16)(H,14,15). The number of anilines is 1. The molecule has 0 aliphatic heterocycles. The molecule has 0 radical (unpaired) electrons. The van der Waals surface area contributed by atoms with Gasteiger partial charge in [0, 0.05) is 16.6 Å². The van der Waals surface area contributed by atoms with E-state index >= 15 is 0 Å². The van der Waals surface area contributed by atoms with Crippen molar-refractivity contribution >= 4 is 40.1 Å². The number of hydrogen-bond acceptors (Lipinski definition) is 4. The number of aromatic nitrogens is 1. The highest BCUT2D eigenvalue weighted by atomic mass is 32.1. The van der Waals surface area contributed by atoms with Gasteiger partial charge in [0.25, 0.3) is 5.91 Å². The Bertz CT molecular complexity index is 534. The lowest BCUT2D eigenvalue weighted by molar-refractivity contribution is 0.102. The Morgan fingerprint density at radius 1 is 1.35 bits per heavy atom. The molecule has 17 heavy (non-hydrogen) atoms. The Kier molecular flexibility index (Phi) is 3.46. The summed E-state index contributed by atoms with van der Waals surface area (Å²) in [4.78, 5) is 15.9. The molecule has 1 aromatic carbocycles. The number of carbonyl (C=O) groups is 1. The van der Waals surface area contributed by atoms with Crippen LogP contribution in [0.5, 0.6) is 0 Å². The largest absolute Gasteiger partial charge is 0.389 e. The highest BCUT2D eigenvalue weighted by Crippen LogP contribution is 2.11. The number of hydrogen-bond donors (Lipinski definition) is 2. The second kappa shape index (κ2) is 5.03. The second-order valence-electron chi connectivity index (χ2n) is 3.27. The van der Waals surface area contributed by atoms with Crippen molar-refractivity contribution in [2.45, 2.75) is 0 Å². The van der Waals surface area contributed by atoms with Crippen LogP contribution in [0.4, 0.5) is 5.69 Å². The van der Waals surface area contributed by atoms with E-state index in [1.807, 2.05) is 0 Å². The minimum atomic E-state index is -0.227. The first-order valence-corrected chi connectivity index (χ1v) is 6.11. The lowest BCUT2D eigenvalue weighted by atomic mass is 10.2. The number of amides is 1. The molecule has 3 N–H and O–H groups in total. The minimum Gasteiger partial charge on any atom is -0.389 e. The lowest BCUT2D eigenvalue weighted by Gasteiger charge is -2.04. The molecule has 2 aromatic rings. The van der Waals surface area contributed by atoms with Gasteiger partial charge in [-0.2, -0.15) is 0 Å². The lowest BCUT2D eigenvalue weighted by Crippen LogP contribution is -2.13. The number of benzene rings is 1. The molecule has 0 bridgehead atoms. The van der Waals surface area contributed by atoms with Crippen molar-refractivity contribution in [2.24, 2.45) is 5.73 Å². The number of thiazole rings is 1.